The van der Waals surface area contributed by atoms with Crippen molar-refractivity contribution in [2.24, 2.45) is 0 Å². The maximum absolute atomic E-state index is 9.00. The molecule has 0 saturated heterocycles. The van der Waals surface area contributed by atoms with E-state index in [9.17, 15) is 0 Å². The molecule has 0 fully saturated rings. The van der Waals surface area contributed by atoms with E-state index in [0.717, 1.165) is 12.2 Å². The quantitative estimate of drug-likeness (QED) is 0.803. The summed E-state index contributed by atoms with van der Waals surface area (Å²) in [7, 11) is 0. The molecule has 3 nitrogen and oxygen atoms in total. The van der Waals surface area contributed by atoms with Crippen LogP contribution in [0.2, 0.25) is 0 Å². The first-order valence-corrected chi connectivity index (χ1v) is 6.76. The molecular weight excluding hydrogens is 244 g/mol. The predicted molar refractivity (Wildman–Crippen MR) is 81.1 cm³/mol. The van der Waals surface area contributed by atoms with Crippen molar-refractivity contribution in [3.63, 3.8) is 0 Å². The Balaban J connectivity index is 2.80. The fourth-order valence-corrected chi connectivity index (χ4v) is 2.16. The molecule has 0 aliphatic rings. The van der Waals surface area contributed by atoms with E-state index in [-0.39, 0.29) is 6.61 Å². The van der Waals surface area contributed by atoms with Gasteiger partial charge in [0.25, 0.3) is 0 Å². The van der Waals surface area contributed by atoms with Crippen LogP contribution < -0.4 is 5.32 Å². The monoisotopic (exact) mass is 266 g/mol. The molecule has 1 aromatic carbocycles. The van der Waals surface area contributed by atoms with Crippen molar-refractivity contribution in [3.8, 4) is 0 Å². The number of hydrogen-bond donors (Lipinski definition) is 2. The molecule has 0 bridgehead atoms. The maximum atomic E-state index is 9.00. The second-order valence-electron chi connectivity index (χ2n) is 4.48. The minimum Gasteiger partial charge on any atom is -0.395 e. The molecular formula is C14H22N2OS. The molecule has 0 aromatic heterocycles. The van der Waals surface area contributed by atoms with Crippen LogP contribution in [0.1, 0.15) is 32.3 Å². The number of rotatable bonds is 5. The van der Waals surface area contributed by atoms with Crippen molar-refractivity contribution < 1.29 is 5.11 Å². The van der Waals surface area contributed by atoms with E-state index in [1.807, 2.05) is 30.0 Å². The highest BCUT2D eigenvalue weighted by atomic mass is 32.1. The van der Waals surface area contributed by atoms with Gasteiger partial charge in [0.05, 0.1) is 6.61 Å². The zero-order chi connectivity index (χ0) is 13.5. The minimum absolute atomic E-state index is 0.113. The van der Waals surface area contributed by atoms with Gasteiger partial charge in [-0.25, -0.2) is 0 Å². The highest BCUT2D eigenvalue weighted by molar-refractivity contribution is 7.80. The molecule has 0 atom stereocenters. The number of nitrogens with zero attached hydrogens (tertiary/aromatic N) is 1. The SMILES string of the molecule is CCN(CCO)C(=S)Nc1ccccc1C(C)C. The lowest BCUT2D eigenvalue weighted by Gasteiger charge is -2.24. The summed E-state index contributed by atoms with van der Waals surface area (Å²) in [4.78, 5) is 1.95. The van der Waals surface area contributed by atoms with Crippen molar-refractivity contribution in [3.05, 3.63) is 29.8 Å². The summed E-state index contributed by atoms with van der Waals surface area (Å²) in [5.41, 5.74) is 2.30. The fraction of sp³-hybridized carbons (Fsp3) is 0.500. The van der Waals surface area contributed by atoms with Crippen molar-refractivity contribution in [1.82, 2.24) is 4.90 Å². The van der Waals surface area contributed by atoms with Gasteiger partial charge in [-0.15, -0.1) is 0 Å². The van der Waals surface area contributed by atoms with E-state index in [2.05, 4.69) is 25.2 Å². The van der Waals surface area contributed by atoms with Gasteiger partial charge in [0, 0.05) is 18.8 Å². The number of likely N-dealkylation sites (N-methyl/N-ethyl adjacent to an activating group) is 1. The van der Waals surface area contributed by atoms with Crippen molar-refractivity contribution >= 4 is 23.0 Å². The number of aliphatic hydroxyl groups is 1. The summed E-state index contributed by atoms with van der Waals surface area (Å²) >= 11 is 5.37. The first kappa shape index (κ1) is 14.9. The van der Waals surface area contributed by atoms with E-state index < -0.39 is 0 Å². The molecule has 0 radical (unpaired) electrons. The minimum atomic E-state index is 0.113. The standard InChI is InChI=1S/C14H22N2OS/c1-4-16(9-10-17)14(18)15-13-8-6-5-7-12(13)11(2)3/h5-8,11,17H,4,9-10H2,1-3H3,(H,15,18). The normalized spacial score (nSPS) is 10.5. The largest absolute Gasteiger partial charge is 0.395 e. The highest BCUT2D eigenvalue weighted by Gasteiger charge is 2.10. The molecule has 0 spiro atoms. The average Bonchev–Trinajstić information content (AvgIpc) is 2.36. The highest BCUT2D eigenvalue weighted by Crippen LogP contribution is 2.23. The summed E-state index contributed by atoms with van der Waals surface area (Å²) in [6.07, 6.45) is 0. The van der Waals surface area contributed by atoms with Crippen molar-refractivity contribution in [2.75, 3.05) is 25.0 Å². The van der Waals surface area contributed by atoms with E-state index in [1.165, 1.54) is 5.56 Å². The second-order valence-corrected chi connectivity index (χ2v) is 4.86. The number of para-hydroxylation sites is 1. The summed E-state index contributed by atoms with van der Waals surface area (Å²) in [5, 5.41) is 12.9. The average molecular weight is 266 g/mol. The van der Waals surface area contributed by atoms with E-state index in [1.54, 1.807) is 0 Å². The number of aliphatic hydroxyl groups excluding tert-OH is 1. The summed E-state index contributed by atoms with van der Waals surface area (Å²) in [6, 6.07) is 8.18. The van der Waals surface area contributed by atoms with Crippen LogP contribution in [0.3, 0.4) is 0 Å². The van der Waals surface area contributed by atoms with Gasteiger partial charge < -0.3 is 15.3 Å². The molecule has 0 heterocycles. The molecule has 1 aromatic rings. The molecule has 18 heavy (non-hydrogen) atoms. The zero-order valence-electron chi connectivity index (χ0n) is 11.3. The van der Waals surface area contributed by atoms with Gasteiger partial charge in [-0.2, -0.15) is 0 Å². The van der Waals surface area contributed by atoms with Crippen LogP contribution in [0.4, 0.5) is 5.69 Å². The molecule has 4 heteroatoms. The van der Waals surface area contributed by atoms with Crippen LogP contribution >= 0.6 is 12.2 Å². The Labute approximate surface area is 115 Å². The van der Waals surface area contributed by atoms with Crippen molar-refractivity contribution in [1.29, 1.82) is 0 Å². The maximum Gasteiger partial charge on any atom is 0.173 e. The van der Waals surface area contributed by atoms with Gasteiger partial charge in [0.1, 0.15) is 0 Å². The first-order chi connectivity index (χ1) is 8.60. The number of nitrogens with one attached hydrogen (secondary N) is 1. The second kappa shape index (κ2) is 7.34. The summed E-state index contributed by atoms with van der Waals surface area (Å²) in [5.74, 6) is 0.449. The van der Waals surface area contributed by atoms with Crippen LogP contribution in [-0.4, -0.2) is 34.8 Å². The topological polar surface area (TPSA) is 35.5 Å². The third kappa shape index (κ3) is 3.96. The van der Waals surface area contributed by atoms with Crippen LogP contribution in [0.15, 0.2) is 24.3 Å². The molecule has 0 aliphatic heterocycles. The smallest absolute Gasteiger partial charge is 0.173 e. The molecule has 0 aliphatic carbocycles. The molecule has 0 saturated carbocycles. The predicted octanol–water partition coefficient (Wildman–Crippen LogP) is 2.82. The zero-order valence-corrected chi connectivity index (χ0v) is 12.1. The Morgan fingerprint density at radius 2 is 2.06 bits per heavy atom. The molecule has 0 unspecified atom stereocenters. The third-order valence-corrected chi connectivity index (χ3v) is 3.22. The Morgan fingerprint density at radius 3 is 2.61 bits per heavy atom. The van der Waals surface area contributed by atoms with Gasteiger partial charge in [-0.05, 0) is 36.7 Å². The number of benzene rings is 1. The summed E-state index contributed by atoms with van der Waals surface area (Å²) in [6.45, 7) is 7.81. The Morgan fingerprint density at radius 1 is 1.39 bits per heavy atom. The van der Waals surface area contributed by atoms with Gasteiger partial charge in [-0.3, -0.25) is 0 Å². The fourth-order valence-electron chi connectivity index (χ4n) is 1.83. The van der Waals surface area contributed by atoms with Crippen LogP contribution in [-0.2, 0) is 0 Å². The number of thiocarbonyl (C=S) groups is 1. The van der Waals surface area contributed by atoms with Gasteiger partial charge >= 0.3 is 0 Å². The van der Waals surface area contributed by atoms with Gasteiger partial charge in [0.2, 0.25) is 0 Å². The lowest BCUT2D eigenvalue weighted by atomic mass is 10.0. The Hall–Kier alpha value is -1.13. The first-order valence-electron chi connectivity index (χ1n) is 6.35. The lowest BCUT2D eigenvalue weighted by molar-refractivity contribution is 0.254. The van der Waals surface area contributed by atoms with Gasteiger partial charge in [0.15, 0.2) is 5.11 Å². The summed E-state index contributed by atoms with van der Waals surface area (Å²) < 4.78 is 0. The van der Waals surface area contributed by atoms with Gasteiger partial charge in [-0.1, -0.05) is 32.0 Å². The van der Waals surface area contributed by atoms with Crippen LogP contribution in [0, 0.1) is 0 Å². The molecule has 2 N–H and O–H groups in total. The molecule has 100 valence electrons. The van der Waals surface area contributed by atoms with E-state index in [4.69, 9.17) is 17.3 Å². The third-order valence-electron chi connectivity index (χ3n) is 2.86. The van der Waals surface area contributed by atoms with Crippen molar-refractivity contribution in [2.45, 2.75) is 26.7 Å². The van der Waals surface area contributed by atoms with E-state index >= 15 is 0 Å². The molecule has 1 rings (SSSR count). The van der Waals surface area contributed by atoms with Crippen LogP contribution in [0.5, 0.6) is 0 Å². The molecule has 0 amide bonds. The lowest BCUT2D eigenvalue weighted by Crippen LogP contribution is -2.36. The van der Waals surface area contributed by atoms with Crippen LogP contribution in [0.25, 0.3) is 0 Å². The number of hydrogen-bond acceptors (Lipinski definition) is 2. The van der Waals surface area contributed by atoms with E-state index in [0.29, 0.717) is 17.6 Å². The Kier molecular flexibility index (Phi) is 6.09. The Bertz CT molecular complexity index is 393. The number of anilines is 1.